The second-order valence-corrected chi connectivity index (χ2v) is 12.5. The van der Waals surface area contributed by atoms with Gasteiger partial charge in [0, 0.05) is 29.9 Å². The van der Waals surface area contributed by atoms with E-state index in [9.17, 15) is 4.79 Å². The van der Waals surface area contributed by atoms with Gasteiger partial charge >= 0.3 is 0 Å². The number of carbonyl (C=O) groups excluding carboxylic acids is 1. The molecule has 3 aliphatic rings. The predicted molar refractivity (Wildman–Crippen MR) is 160 cm³/mol. The number of benzene rings is 1. The average Bonchev–Trinajstić information content (AvgIpc) is 3.72. The Bertz CT molecular complexity index is 1330. The molecule has 6 heteroatoms. The Kier molecular flexibility index (Phi) is 7.95. The van der Waals surface area contributed by atoms with Gasteiger partial charge in [0.1, 0.15) is 11.6 Å². The Morgan fingerprint density at radius 3 is 2.42 bits per heavy atom. The molecule has 0 N–H and O–H groups in total. The van der Waals surface area contributed by atoms with Crippen molar-refractivity contribution in [3.05, 3.63) is 59.5 Å². The van der Waals surface area contributed by atoms with E-state index in [1.165, 1.54) is 30.4 Å². The van der Waals surface area contributed by atoms with E-state index < -0.39 is 0 Å². The van der Waals surface area contributed by atoms with Crippen molar-refractivity contribution in [2.45, 2.75) is 96.4 Å². The minimum Gasteiger partial charge on any atom is -0.496 e. The highest BCUT2D eigenvalue weighted by Gasteiger charge is 2.32. The second kappa shape index (κ2) is 11.8. The zero-order valence-electron chi connectivity index (χ0n) is 24.4. The number of nitrogens with zero attached hydrogens (tertiary/aromatic N) is 4. The summed E-state index contributed by atoms with van der Waals surface area (Å²) in [4.78, 5) is 21.1. The number of hydrogen-bond donors (Lipinski definition) is 0. The minimum atomic E-state index is 0.121. The highest BCUT2D eigenvalue weighted by molar-refractivity contribution is 5.94. The van der Waals surface area contributed by atoms with Gasteiger partial charge < -0.3 is 4.74 Å². The van der Waals surface area contributed by atoms with Crippen LogP contribution in [0.3, 0.4) is 0 Å². The molecule has 0 bridgehead atoms. The van der Waals surface area contributed by atoms with E-state index in [1.807, 2.05) is 13.1 Å². The summed E-state index contributed by atoms with van der Waals surface area (Å²) < 4.78 is 7.57. The largest absolute Gasteiger partial charge is 0.496 e. The van der Waals surface area contributed by atoms with Crippen LogP contribution < -0.4 is 9.64 Å². The van der Waals surface area contributed by atoms with Crippen molar-refractivity contribution in [1.29, 1.82) is 0 Å². The number of pyridine rings is 1. The Balaban J connectivity index is 1.21. The van der Waals surface area contributed by atoms with Crippen LogP contribution in [-0.4, -0.2) is 34.3 Å². The predicted octanol–water partition coefficient (Wildman–Crippen LogP) is 7.79. The molecule has 6 rings (SSSR count). The lowest BCUT2D eigenvalue weighted by atomic mass is 9.78. The first-order valence-corrected chi connectivity index (χ1v) is 15.5. The Morgan fingerprint density at radius 2 is 1.73 bits per heavy atom. The Morgan fingerprint density at radius 1 is 0.950 bits per heavy atom. The Labute approximate surface area is 239 Å². The fourth-order valence-electron chi connectivity index (χ4n) is 6.94. The standard InChI is InChI=1S/C34H44N4O2/c1-23-17-28(13-16-32(23)40-3)26-11-9-25(10-12-26)21-37(34(39)27-7-5-4-6-8-27)33-19-29(18-24(2)36-33)30-20-35-38(22-30)31-14-15-31/h13,16-20,22,25-27,31H,4-12,14-15,21H2,1-3H3/t25-,26-. The molecule has 6 nitrogen and oxygen atoms in total. The number of aromatic nitrogens is 3. The normalized spacial score (nSPS) is 21.8. The summed E-state index contributed by atoms with van der Waals surface area (Å²) >= 11 is 0. The lowest BCUT2D eigenvalue weighted by Crippen LogP contribution is -2.41. The molecular weight excluding hydrogens is 496 g/mol. The molecule has 0 atom stereocenters. The van der Waals surface area contributed by atoms with Crippen molar-refractivity contribution in [2.24, 2.45) is 11.8 Å². The highest BCUT2D eigenvalue weighted by atomic mass is 16.5. The molecule has 1 amide bonds. The maximum atomic E-state index is 14.1. The fraction of sp³-hybridized carbons (Fsp3) is 0.559. The summed E-state index contributed by atoms with van der Waals surface area (Å²) in [6.07, 6.45) is 16.7. The molecule has 0 unspecified atom stereocenters. The maximum absolute atomic E-state index is 14.1. The van der Waals surface area contributed by atoms with E-state index in [1.54, 1.807) is 7.11 Å². The van der Waals surface area contributed by atoms with Crippen molar-refractivity contribution in [3.8, 4) is 16.9 Å². The van der Waals surface area contributed by atoms with Crippen LogP contribution in [0, 0.1) is 25.7 Å². The van der Waals surface area contributed by atoms with Crippen molar-refractivity contribution in [1.82, 2.24) is 14.8 Å². The summed E-state index contributed by atoms with van der Waals surface area (Å²) in [6, 6.07) is 11.5. The molecule has 3 aromatic rings. The molecule has 212 valence electrons. The molecule has 2 heterocycles. The topological polar surface area (TPSA) is 60.2 Å². The van der Waals surface area contributed by atoms with Crippen LogP contribution >= 0.6 is 0 Å². The lowest BCUT2D eigenvalue weighted by Gasteiger charge is -2.35. The smallest absolute Gasteiger partial charge is 0.231 e. The van der Waals surface area contributed by atoms with Gasteiger partial charge in [-0.1, -0.05) is 31.4 Å². The van der Waals surface area contributed by atoms with Gasteiger partial charge in [0.25, 0.3) is 0 Å². The second-order valence-electron chi connectivity index (χ2n) is 12.5. The molecule has 0 aliphatic heterocycles. The zero-order chi connectivity index (χ0) is 27.6. The number of rotatable bonds is 8. The molecule has 3 fully saturated rings. The third-order valence-corrected chi connectivity index (χ3v) is 9.47. The van der Waals surface area contributed by atoms with Crippen LogP contribution in [0.4, 0.5) is 5.82 Å². The van der Waals surface area contributed by atoms with Gasteiger partial charge in [-0.3, -0.25) is 14.4 Å². The van der Waals surface area contributed by atoms with Crippen molar-refractivity contribution in [2.75, 3.05) is 18.6 Å². The van der Waals surface area contributed by atoms with Crippen LogP contribution in [0.15, 0.2) is 42.7 Å². The van der Waals surface area contributed by atoms with E-state index in [4.69, 9.17) is 9.72 Å². The van der Waals surface area contributed by atoms with Crippen molar-refractivity contribution < 1.29 is 9.53 Å². The first-order chi connectivity index (χ1) is 19.5. The molecular formula is C34H44N4O2. The summed E-state index contributed by atoms with van der Waals surface area (Å²) in [6.45, 7) is 4.94. The molecule has 0 saturated heterocycles. The summed E-state index contributed by atoms with van der Waals surface area (Å²) in [5.41, 5.74) is 5.79. The SMILES string of the molecule is COc1ccc([C@H]2CC[C@H](CN(C(=O)C3CCCCC3)c3cc(-c4cnn(C5CC5)c4)cc(C)n3)CC2)cc1C. The molecule has 40 heavy (non-hydrogen) atoms. The fourth-order valence-corrected chi connectivity index (χ4v) is 6.94. The summed E-state index contributed by atoms with van der Waals surface area (Å²) in [5, 5.41) is 4.62. The molecule has 0 spiro atoms. The number of amides is 1. The number of hydrogen-bond acceptors (Lipinski definition) is 4. The van der Waals surface area contributed by atoms with E-state index in [-0.39, 0.29) is 11.8 Å². The molecule has 3 aliphatic carbocycles. The quantitative estimate of drug-likeness (QED) is 0.293. The number of methoxy groups -OCH3 is 1. The van der Waals surface area contributed by atoms with Crippen LogP contribution in [0.25, 0.3) is 11.1 Å². The van der Waals surface area contributed by atoms with Gasteiger partial charge in [-0.15, -0.1) is 0 Å². The third-order valence-electron chi connectivity index (χ3n) is 9.47. The number of aryl methyl sites for hydroxylation is 2. The molecule has 1 aromatic carbocycles. The zero-order valence-corrected chi connectivity index (χ0v) is 24.4. The molecule has 2 aromatic heterocycles. The first kappa shape index (κ1) is 27.0. The summed E-state index contributed by atoms with van der Waals surface area (Å²) in [5.74, 6) is 3.25. The van der Waals surface area contributed by atoms with Crippen LogP contribution in [0.1, 0.15) is 99.4 Å². The number of anilines is 1. The molecule has 3 saturated carbocycles. The van der Waals surface area contributed by atoms with E-state index in [2.05, 4.69) is 58.1 Å². The number of carbonyl (C=O) groups is 1. The van der Waals surface area contributed by atoms with E-state index in [0.717, 1.165) is 86.3 Å². The summed E-state index contributed by atoms with van der Waals surface area (Å²) in [7, 11) is 1.74. The van der Waals surface area contributed by atoms with Crippen molar-refractivity contribution >= 4 is 11.7 Å². The maximum Gasteiger partial charge on any atom is 0.231 e. The van der Waals surface area contributed by atoms with Crippen LogP contribution in [0.5, 0.6) is 5.75 Å². The third kappa shape index (κ3) is 5.96. The average molecular weight is 541 g/mol. The van der Waals surface area contributed by atoms with Gasteiger partial charge in [0.15, 0.2) is 0 Å². The van der Waals surface area contributed by atoms with E-state index >= 15 is 0 Å². The van der Waals surface area contributed by atoms with Crippen LogP contribution in [0.2, 0.25) is 0 Å². The first-order valence-electron chi connectivity index (χ1n) is 15.5. The monoisotopic (exact) mass is 540 g/mol. The van der Waals surface area contributed by atoms with Crippen molar-refractivity contribution in [3.63, 3.8) is 0 Å². The van der Waals surface area contributed by atoms with E-state index in [0.29, 0.717) is 17.9 Å². The lowest BCUT2D eigenvalue weighted by molar-refractivity contribution is -0.123. The van der Waals surface area contributed by atoms with Gasteiger partial charge in [-0.25, -0.2) is 4.98 Å². The number of ether oxygens (including phenoxy) is 1. The molecule has 0 radical (unpaired) electrons. The van der Waals surface area contributed by atoms with Gasteiger partial charge in [-0.2, -0.15) is 5.10 Å². The highest BCUT2D eigenvalue weighted by Crippen LogP contribution is 2.39. The van der Waals surface area contributed by atoms with Crippen LogP contribution in [-0.2, 0) is 4.79 Å². The van der Waals surface area contributed by atoms with Gasteiger partial charge in [-0.05, 0) is 112 Å². The van der Waals surface area contributed by atoms with Gasteiger partial charge in [0.2, 0.25) is 5.91 Å². The Hall–Kier alpha value is -3.15. The van der Waals surface area contributed by atoms with Gasteiger partial charge in [0.05, 0.1) is 19.3 Å². The minimum absolute atomic E-state index is 0.121.